The lowest BCUT2D eigenvalue weighted by Gasteiger charge is -2.37. The predicted molar refractivity (Wildman–Crippen MR) is 69.7 cm³/mol. The molecular weight excluding hydrogens is 196 g/mol. The third kappa shape index (κ3) is 2.78. The van der Waals surface area contributed by atoms with Crippen molar-refractivity contribution in [2.45, 2.75) is 65.0 Å². The number of hydrogen-bond donors (Lipinski definition) is 1. The van der Waals surface area contributed by atoms with E-state index in [9.17, 15) is 0 Å². The van der Waals surface area contributed by atoms with Gasteiger partial charge in [-0.1, -0.05) is 27.2 Å². The van der Waals surface area contributed by atoms with Crippen LogP contribution in [-0.4, -0.2) is 36.6 Å². The van der Waals surface area contributed by atoms with E-state index in [4.69, 9.17) is 0 Å². The molecule has 1 saturated carbocycles. The highest BCUT2D eigenvalue weighted by Crippen LogP contribution is 2.37. The lowest BCUT2D eigenvalue weighted by Crippen LogP contribution is -2.51. The highest BCUT2D eigenvalue weighted by molar-refractivity contribution is 4.93. The minimum absolute atomic E-state index is 0.522. The SMILES string of the molecule is CCN1CCCC(NC2CCCC2(C)C)C1. The van der Waals surface area contributed by atoms with Crippen LogP contribution >= 0.6 is 0 Å². The molecular formula is C14H28N2. The van der Waals surface area contributed by atoms with Crippen molar-refractivity contribution in [1.82, 2.24) is 10.2 Å². The van der Waals surface area contributed by atoms with E-state index < -0.39 is 0 Å². The summed E-state index contributed by atoms with van der Waals surface area (Å²) in [7, 11) is 0. The van der Waals surface area contributed by atoms with Crippen LogP contribution in [0, 0.1) is 5.41 Å². The molecule has 1 N–H and O–H groups in total. The smallest absolute Gasteiger partial charge is 0.0198 e. The molecule has 1 aliphatic heterocycles. The molecule has 1 aliphatic carbocycles. The molecule has 94 valence electrons. The Morgan fingerprint density at radius 2 is 2.06 bits per heavy atom. The van der Waals surface area contributed by atoms with Crippen LogP contribution in [-0.2, 0) is 0 Å². The summed E-state index contributed by atoms with van der Waals surface area (Å²) < 4.78 is 0. The van der Waals surface area contributed by atoms with E-state index in [2.05, 4.69) is 31.0 Å². The minimum Gasteiger partial charge on any atom is -0.309 e. The molecule has 1 saturated heterocycles. The monoisotopic (exact) mass is 224 g/mol. The first-order valence-corrected chi connectivity index (χ1v) is 7.10. The molecule has 0 spiro atoms. The van der Waals surface area contributed by atoms with Crippen LogP contribution in [0.4, 0.5) is 0 Å². The number of piperidine rings is 1. The van der Waals surface area contributed by atoms with E-state index in [1.54, 1.807) is 0 Å². The first-order valence-electron chi connectivity index (χ1n) is 7.10. The van der Waals surface area contributed by atoms with Crippen LogP contribution in [0.15, 0.2) is 0 Å². The highest BCUT2D eigenvalue weighted by Gasteiger charge is 2.35. The van der Waals surface area contributed by atoms with E-state index in [-0.39, 0.29) is 0 Å². The Balaban J connectivity index is 1.84. The molecule has 0 amide bonds. The number of nitrogens with zero attached hydrogens (tertiary/aromatic N) is 1. The van der Waals surface area contributed by atoms with Gasteiger partial charge in [0.15, 0.2) is 0 Å². The molecule has 2 unspecified atom stereocenters. The van der Waals surface area contributed by atoms with Gasteiger partial charge in [-0.3, -0.25) is 0 Å². The number of hydrogen-bond acceptors (Lipinski definition) is 2. The van der Waals surface area contributed by atoms with Crippen LogP contribution < -0.4 is 5.32 Å². The molecule has 1 heterocycles. The number of likely N-dealkylation sites (tertiary alicyclic amines) is 1. The topological polar surface area (TPSA) is 15.3 Å². The third-order valence-electron chi connectivity index (χ3n) is 4.65. The van der Waals surface area contributed by atoms with Gasteiger partial charge in [0.1, 0.15) is 0 Å². The van der Waals surface area contributed by atoms with Crippen LogP contribution in [0.3, 0.4) is 0 Å². The molecule has 2 heteroatoms. The van der Waals surface area contributed by atoms with E-state index in [1.807, 2.05) is 0 Å². The van der Waals surface area contributed by atoms with Crippen molar-refractivity contribution in [2.75, 3.05) is 19.6 Å². The largest absolute Gasteiger partial charge is 0.309 e. The lowest BCUT2D eigenvalue weighted by atomic mass is 9.86. The summed E-state index contributed by atoms with van der Waals surface area (Å²) in [5.74, 6) is 0. The molecule has 2 fully saturated rings. The van der Waals surface area contributed by atoms with Gasteiger partial charge in [0.25, 0.3) is 0 Å². The zero-order valence-electron chi connectivity index (χ0n) is 11.3. The summed E-state index contributed by atoms with van der Waals surface area (Å²) in [5.41, 5.74) is 0.522. The Labute approximate surface area is 101 Å². The van der Waals surface area contributed by atoms with Crippen LogP contribution in [0.25, 0.3) is 0 Å². The van der Waals surface area contributed by atoms with Gasteiger partial charge in [0.05, 0.1) is 0 Å². The van der Waals surface area contributed by atoms with Crippen molar-refractivity contribution in [1.29, 1.82) is 0 Å². The number of likely N-dealkylation sites (N-methyl/N-ethyl adjacent to an activating group) is 1. The first-order chi connectivity index (χ1) is 7.62. The Hall–Kier alpha value is -0.0800. The fourth-order valence-corrected chi connectivity index (χ4v) is 3.40. The molecule has 0 aromatic rings. The van der Waals surface area contributed by atoms with Gasteiger partial charge >= 0.3 is 0 Å². The predicted octanol–water partition coefficient (Wildman–Crippen LogP) is 2.64. The molecule has 2 rings (SSSR count). The second-order valence-electron chi connectivity index (χ2n) is 6.33. The normalized spacial score (nSPS) is 35.4. The molecule has 0 aromatic carbocycles. The maximum Gasteiger partial charge on any atom is 0.0198 e. The van der Waals surface area contributed by atoms with Gasteiger partial charge in [-0.25, -0.2) is 0 Å². The van der Waals surface area contributed by atoms with Gasteiger partial charge < -0.3 is 10.2 Å². The molecule has 0 aromatic heterocycles. The molecule has 2 aliphatic rings. The third-order valence-corrected chi connectivity index (χ3v) is 4.65. The van der Waals surface area contributed by atoms with Gasteiger partial charge in [0, 0.05) is 18.6 Å². The van der Waals surface area contributed by atoms with E-state index >= 15 is 0 Å². The van der Waals surface area contributed by atoms with Crippen molar-refractivity contribution < 1.29 is 0 Å². The van der Waals surface area contributed by atoms with Gasteiger partial charge in [-0.2, -0.15) is 0 Å². The van der Waals surface area contributed by atoms with Crippen LogP contribution in [0.1, 0.15) is 52.9 Å². The average Bonchev–Trinajstić information content (AvgIpc) is 2.59. The second kappa shape index (κ2) is 5.05. The summed E-state index contributed by atoms with van der Waals surface area (Å²) in [6.07, 6.45) is 6.95. The maximum atomic E-state index is 3.93. The Kier molecular flexibility index (Phi) is 3.91. The van der Waals surface area contributed by atoms with E-state index in [1.165, 1.54) is 51.7 Å². The molecule has 0 radical (unpaired) electrons. The zero-order chi connectivity index (χ0) is 11.6. The van der Waals surface area contributed by atoms with Crippen molar-refractivity contribution in [3.8, 4) is 0 Å². The van der Waals surface area contributed by atoms with Crippen molar-refractivity contribution in [2.24, 2.45) is 5.41 Å². The van der Waals surface area contributed by atoms with Crippen molar-refractivity contribution in [3.05, 3.63) is 0 Å². The van der Waals surface area contributed by atoms with Crippen LogP contribution in [0.5, 0.6) is 0 Å². The highest BCUT2D eigenvalue weighted by atomic mass is 15.2. The standard InChI is InChI=1S/C14H28N2/c1-4-16-10-6-7-12(11-16)15-13-8-5-9-14(13,2)3/h12-13,15H,4-11H2,1-3H3. The Morgan fingerprint density at radius 1 is 1.25 bits per heavy atom. The first kappa shape index (κ1) is 12.4. The summed E-state index contributed by atoms with van der Waals surface area (Å²) in [4.78, 5) is 2.59. The number of rotatable bonds is 3. The van der Waals surface area contributed by atoms with E-state index in [0.29, 0.717) is 5.41 Å². The maximum absolute atomic E-state index is 3.93. The molecule has 16 heavy (non-hydrogen) atoms. The van der Waals surface area contributed by atoms with Gasteiger partial charge in [-0.15, -0.1) is 0 Å². The van der Waals surface area contributed by atoms with Gasteiger partial charge in [-0.05, 0) is 44.2 Å². The minimum atomic E-state index is 0.522. The fourth-order valence-electron chi connectivity index (χ4n) is 3.40. The summed E-state index contributed by atoms with van der Waals surface area (Å²) >= 11 is 0. The Morgan fingerprint density at radius 3 is 2.69 bits per heavy atom. The van der Waals surface area contributed by atoms with Crippen molar-refractivity contribution in [3.63, 3.8) is 0 Å². The summed E-state index contributed by atoms with van der Waals surface area (Å²) in [6.45, 7) is 10.9. The summed E-state index contributed by atoms with van der Waals surface area (Å²) in [5, 5.41) is 3.93. The molecule has 0 bridgehead atoms. The Bertz CT molecular complexity index is 225. The van der Waals surface area contributed by atoms with Gasteiger partial charge in [0.2, 0.25) is 0 Å². The fraction of sp³-hybridized carbons (Fsp3) is 1.00. The quantitative estimate of drug-likeness (QED) is 0.793. The second-order valence-corrected chi connectivity index (χ2v) is 6.33. The van der Waals surface area contributed by atoms with Crippen molar-refractivity contribution >= 4 is 0 Å². The molecule has 2 atom stereocenters. The zero-order valence-corrected chi connectivity index (χ0v) is 11.3. The summed E-state index contributed by atoms with van der Waals surface area (Å²) in [6, 6.07) is 1.50. The number of nitrogens with one attached hydrogen (secondary N) is 1. The van der Waals surface area contributed by atoms with Crippen LogP contribution in [0.2, 0.25) is 0 Å². The van der Waals surface area contributed by atoms with E-state index in [0.717, 1.165) is 12.1 Å². The average molecular weight is 224 g/mol. The molecule has 2 nitrogen and oxygen atoms in total. The lowest BCUT2D eigenvalue weighted by molar-refractivity contribution is 0.168.